The molecule has 0 radical (unpaired) electrons. The SMILES string of the molecule is NC[C@H](NC(=O)[C@H](CCCN=C(N)N)NC(=O)[C@H](CCCN=C(N)N)NC(=O)[C@H](Cc1ccccc1)NC(=O)[C@@H](N)CCCN=C(N)N)C(=O)O. The predicted molar refractivity (Wildman–Crippen MR) is 192 cm³/mol. The highest BCUT2D eigenvalue weighted by Gasteiger charge is 2.31. The summed E-state index contributed by atoms with van der Waals surface area (Å²) in [6.07, 6.45) is 1.11. The normalized spacial score (nSPS) is 13.5. The van der Waals surface area contributed by atoms with Crippen molar-refractivity contribution in [3.05, 3.63) is 35.9 Å². The first kappa shape index (κ1) is 43.3. The second kappa shape index (κ2) is 23.6. The molecule has 0 saturated carbocycles. The molecule has 284 valence electrons. The number of guanidine groups is 3. The van der Waals surface area contributed by atoms with Crippen molar-refractivity contribution in [1.29, 1.82) is 0 Å². The van der Waals surface area contributed by atoms with Crippen molar-refractivity contribution in [3.8, 4) is 0 Å². The minimum absolute atomic E-state index is 0.00626. The number of benzene rings is 1. The molecule has 0 bridgehead atoms. The van der Waals surface area contributed by atoms with Gasteiger partial charge in [0.25, 0.3) is 0 Å². The van der Waals surface area contributed by atoms with Gasteiger partial charge in [-0.05, 0) is 44.1 Å². The maximum absolute atomic E-state index is 13.8. The molecule has 5 atom stereocenters. The van der Waals surface area contributed by atoms with Crippen LogP contribution in [0.2, 0.25) is 0 Å². The number of aliphatic imine (C=N–C) groups is 3. The molecule has 1 rings (SSSR count). The van der Waals surface area contributed by atoms with Gasteiger partial charge in [-0.1, -0.05) is 30.3 Å². The average Bonchev–Trinajstić information content (AvgIpc) is 3.07. The second-order valence-corrected chi connectivity index (χ2v) is 11.5. The quantitative estimate of drug-likeness (QED) is 0.0270. The van der Waals surface area contributed by atoms with Crippen LogP contribution in [0.3, 0.4) is 0 Å². The zero-order valence-corrected chi connectivity index (χ0v) is 28.5. The largest absolute Gasteiger partial charge is 0.480 e. The lowest BCUT2D eigenvalue weighted by Gasteiger charge is -2.26. The fourth-order valence-corrected chi connectivity index (χ4v) is 4.57. The van der Waals surface area contributed by atoms with E-state index in [2.05, 4.69) is 36.2 Å². The van der Waals surface area contributed by atoms with Crippen LogP contribution in [0.15, 0.2) is 45.3 Å². The summed E-state index contributed by atoms with van der Waals surface area (Å²) < 4.78 is 0. The monoisotopic (exact) mass is 719 g/mol. The summed E-state index contributed by atoms with van der Waals surface area (Å²) in [7, 11) is 0. The van der Waals surface area contributed by atoms with Crippen molar-refractivity contribution in [2.75, 3.05) is 26.2 Å². The summed E-state index contributed by atoms with van der Waals surface area (Å²) in [5.74, 6) is -4.77. The van der Waals surface area contributed by atoms with E-state index in [1.807, 2.05) is 0 Å². The lowest BCUT2D eigenvalue weighted by atomic mass is 10.0. The summed E-state index contributed by atoms with van der Waals surface area (Å²) in [6, 6.07) is 2.72. The van der Waals surface area contributed by atoms with Gasteiger partial charge >= 0.3 is 5.97 Å². The molecule has 0 heterocycles. The Balaban J connectivity index is 3.30. The van der Waals surface area contributed by atoms with Gasteiger partial charge in [0.05, 0.1) is 6.04 Å². The van der Waals surface area contributed by atoms with Crippen molar-refractivity contribution >= 4 is 47.5 Å². The molecule has 21 heteroatoms. The fraction of sp³-hybridized carbons (Fsp3) is 0.533. The van der Waals surface area contributed by atoms with Gasteiger partial charge in [-0.3, -0.25) is 34.2 Å². The van der Waals surface area contributed by atoms with Gasteiger partial charge in [0.1, 0.15) is 24.2 Å². The number of rotatable bonds is 24. The smallest absolute Gasteiger partial charge is 0.327 e. The van der Waals surface area contributed by atoms with Crippen molar-refractivity contribution in [2.45, 2.75) is 75.2 Å². The minimum atomic E-state index is -1.43. The molecule has 21 N–H and O–H groups in total. The number of carboxylic acids is 1. The summed E-state index contributed by atoms with van der Waals surface area (Å²) in [4.78, 5) is 76.9. The summed E-state index contributed by atoms with van der Waals surface area (Å²) >= 11 is 0. The van der Waals surface area contributed by atoms with Gasteiger partial charge in [0.15, 0.2) is 17.9 Å². The summed E-state index contributed by atoms with van der Waals surface area (Å²) in [6.45, 7) is 0.0648. The molecule has 0 unspecified atom stereocenters. The van der Waals surface area contributed by atoms with Gasteiger partial charge in [-0.25, -0.2) is 4.79 Å². The van der Waals surface area contributed by atoms with E-state index >= 15 is 0 Å². The van der Waals surface area contributed by atoms with E-state index < -0.39 is 66.4 Å². The number of hydrogen-bond acceptors (Lipinski definition) is 10. The highest BCUT2D eigenvalue weighted by atomic mass is 16.4. The molecule has 0 aromatic heterocycles. The minimum Gasteiger partial charge on any atom is -0.480 e. The lowest BCUT2D eigenvalue weighted by molar-refractivity contribution is -0.142. The number of nitrogens with zero attached hydrogens (tertiary/aromatic N) is 3. The molecule has 0 spiro atoms. The van der Waals surface area contributed by atoms with Crippen molar-refractivity contribution < 1.29 is 29.1 Å². The van der Waals surface area contributed by atoms with E-state index in [-0.39, 0.29) is 76.0 Å². The predicted octanol–water partition coefficient (Wildman–Crippen LogP) is -5.30. The molecule has 51 heavy (non-hydrogen) atoms. The van der Waals surface area contributed by atoms with Crippen LogP contribution in [0, 0.1) is 0 Å². The molecule has 1 aromatic carbocycles. The van der Waals surface area contributed by atoms with Crippen molar-refractivity contribution in [2.24, 2.45) is 60.8 Å². The van der Waals surface area contributed by atoms with Crippen LogP contribution >= 0.6 is 0 Å². The molecule has 0 aliphatic carbocycles. The molecule has 0 aliphatic heterocycles. The Bertz CT molecular complexity index is 1360. The van der Waals surface area contributed by atoms with Gasteiger partial charge in [0, 0.05) is 32.6 Å². The standard InChI is InChI=1S/C30H53N15O6/c31-16-22(27(50)51)45-25(48)20(11-6-14-41-30(37)38)42-24(47)19(10-5-13-40-29(35)36)43-26(49)21(15-17-7-2-1-3-8-17)44-23(46)18(32)9-4-12-39-28(33)34/h1-3,7-8,18-22H,4-6,9-16,31-32H2,(H,42,47)(H,43,49)(H,44,46)(H,45,48)(H,50,51)(H4,33,34,39)(H4,35,36,40)(H4,37,38,41)/t18-,19-,20-,21-,22-/m0/s1. The van der Waals surface area contributed by atoms with Gasteiger partial charge in [-0.15, -0.1) is 0 Å². The van der Waals surface area contributed by atoms with Crippen LogP contribution < -0.4 is 67.1 Å². The van der Waals surface area contributed by atoms with E-state index in [9.17, 15) is 29.1 Å². The van der Waals surface area contributed by atoms with Crippen LogP contribution in [-0.2, 0) is 30.4 Å². The van der Waals surface area contributed by atoms with E-state index in [1.54, 1.807) is 30.3 Å². The van der Waals surface area contributed by atoms with Crippen molar-refractivity contribution in [3.63, 3.8) is 0 Å². The number of aliphatic carboxylic acids is 1. The highest BCUT2D eigenvalue weighted by molar-refractivity contribution is 5.95. The third kappa shape index (κ3) is 18.6. The Kier molecular flexibility index (Phi) is 20.1. The van der Waals surface area contributed by atoms with E-state index in [1.165, 1.54) is 0 Å². The maximum Gasteiger partial charge on any atom is 0.327 e. The molecule has 0 fully saturated rings. The Hall–Kier alpha value is -5.70. The second-order valence-electron chi connectivity index (χ2n) is 11.5. The molecule has 0 saturated heterocycles. The summed E-state index contributed by atoms with van der Waals surface area (Å²) in [5.41, 5.74) is 44.6. The van der Waals surface area contributed by atoms with E-state index in [0.29, 0.717) is 12.0 Å². The zero-order valence-electron chi connectivity index (χ0n) is 28.5. The molecule has 1 aromatic rings. The third-order valence-corrected chi connectivity index (χ3v) is 7.23. The van der Waals surface area contributed by atoms with Crippen LogP contribution in [0.5, 0.6) is 0 Å². The molecular weight excluding hydrogens is 666 g/mol. The Labute approximate surface area is 295 Å². The summed E-state index contributed by atoms with van der Waals surface area (Å²) in [5, 5.41) is 19.6. The number of carbonyl (C=O) groups excluding carboxylic acids is 4. The molecule has 21 nitrogen and oxygen atoms in total. The molecule has 0 aliphatic rings. The third-order valence-electron chi connectivity index (χ3n) is 7.23. The number of nitrogens with one attached hydrogen (secondary N) is 4. The molecule has 4 amide bonds. The Morgan fingerprint density at radius 1 is 0.588 bits per heavy atom. The van der Waals surface area contributed by atoms with Crippen molar-refractivity contribution in [1.82, 2.24) is 21.3 Å². The highest BCUT2D eigenvalue weighted by Crippen LogP contribution is 2.08. The average molecular weight is 720 g/mol. The number of nitrogens with two attached hydrogens (primary N) is 8. The Morgan fingerprint density at radius 3 is 1.39 bits per heavy atom. The number of amides is 4. The maximum atomic E-state index is 13.8. The Morgan fingerprint density at radius 2 is 0.980 bits per heavy atom. The fourth-order valence-electron chi connectivity index (χ4n) is 4.57. The van der Waals surface area contributed by atoms with Gasteiger partial charge in [0.2, 0.25) is 23.6 Å². The first-order chi connectivity index (χ1) is 24.1. The number of hydrogen-bond donors (Lipinski definition) is 13. The van der Waals surface area contributed by atoms with Crippen LogP contribution in [0.25, 0.3) is 0 Å². The molecular formula is C30H53N15O6. The number of carboxylic acid groups (broad SMARTS) is 1. The first-order valence-electron chi connectivity index (χ1n) is 16.2. The number of carbonyl (C=O) groups is 5. The van der Waals surface area contributed by atoms with Crippen LogP contribution in [0.4, 0.5) is 0 Å². The lowest BCUT2D eigenvalue weighted by Crippen LogP contribution is -2.59. The van der Waals surface area contributed by atoms with Gasteiger partial charge < -0.3 is 72.2 Å². The van der Waals surface area contributed by atoms with Gasteiger partial charge in [-0.2, -0.15) is 0 Å². The van der Waals surface area contributed by atoms with Crippen LogP contribution in [-0.4, -0.2) is 109 Å². The first-order valence-corrected chi connectivity index (χ1v) is 16.2. The van der Waals surface area contributed by atoms with E-state index in [4.69, 9.17) is 45.9 Å². The zero-order chi connectivity index (χ0) is 38.3. The topological polar surface area (TPSA) is 399 Å². The van der Waals surface area contributed by atoms with Crippen LogP contribution in [0.1, 0.15) is 44.1 Å². The van der Waals surface area contributed by atoms with E-state index in [0.717, 1.165) is 0 Å².